The zero-order chi connectivity index (χ0) is 43.6. The summed E-state index contributed by atoms with van der Waals surface area (Å²) < 4.78 is 4.52. The van der Waals surface area contributed by atoms with E-state index in [1.807, 2.05) is 72.8 Å². The van der Waals surface area contributed by atoms with E-state index in [-0.39, 0.29) is 0 Å². The fourth-order valence-corrected chi connectivity index (χ4v) is 9.16. The SMILES string of the molecule is Cc1ccc2c(c1)c1cc(C)ccc1n2-c1ccc(-c2nc(-c3ccccc3)nc(-c3ccc(-n4c5ccc(C)cc5c5cc(C)ccc54)c(-c4ccc(C#N)cc4)c3)n2)cc1C#N. The van der Waals surface area contributed by atoms with Crippen molar-refractivity contribution in [2.75, 3.05) is 0 Å². The first-order valence-electron chi connectivity index (χ1n) is 21.3. The molecule has 3 heterocycles. The molecule has 0 aliphatic heterocycles. The Bertz CT molecular complexity index is 3670. The van der Waals surface area contributed by atoms with Crippen LogP contribution in [0.25, 0.3) is 100 Å². The van der Waals surface area contributed by atoms with Gasteiger partial charge in [0.15, 0.2) is 17.5 Å². The molecule has 0 fully saturated rings. The van der Waals surface area contributed by atoms with Crippen LogP contribution in [0.4, 0.5) is 0 Å². The van der Waals surface area contributed by atoms with E-state index in [2.05, 4.69) is 140 Å². The molecule has 7 heteroatoms. The van der Waals surface area contributed by atoms with E-state index in [1.54, 1.807) is 0 Å². The number of hydrogen-bond donors (Lipinski definition) is 0. The largest absolute Gasteiger partial charge is 0.309 e. The molecule has 7 nitrogen and oxygen atoms in total. The van der Waals surface area contributed by atoms with Gasteiger partial charge in [0, 0.05) is 43.8 Å². The van der Waals surface area contributed by atoms with Gasteiger partial charge in [-0.3, -0.25) is 0 Å². The number of aryl methyl sites for hydroxylation is 4. The average Bonchev–Trinajstić information content (AvgIpc) is 3.81. The highest BCUT2D eigenvalue weighted by Crippen LogP contribution is 2.40. The Morgan fingerprint density at radius 3 is 1.27 bits per heavy atom. The minimum absolute atomic E-state index is 0.456. The smallest absolute Gasteiger partial charge is 0.164 e. The molecule has 0 spiro atoms. The van der Waals surface area contributed by atoms with Gasteiger partial charge in [0.1, 0.15) is 6.07 Å². The third-order valence-corrected chi connectivity index (χ3v) is 12.3. The molecular formula is C57H39N7. The van der Waals surface area contributed by atoms with Crippen LogP contribution in [0, 0.1) is 50.4 Å². The quantitative estimate of drug-likeness (QED) is 0.166. The number of hydrogen-bond acceptors (Lipinski definition) is 5. The van der Waals surface area contributed by atoms with E-state index < -0.39 is 0 Å². The van der Waals surface area contributed by atoms with Gasteiger partial charge >= 0.3 is 0 Å². The molecule has 0 saturated heterocycles. The van der Waals surface area contributed by atoms with Crippen LogP contribution in [0.15, 0.2) is 164 Å². The molecule has 0 bridgehead atoms. The topological polar surface area (TPSA) is 96.1 Å². The van der Waals surface area contributed by atoms with Gasteiger partial charge in [-0.1, -0.05) is 89.0 Å². The van der Waals surface area contributed by atoms with Crippen LogP contribution >= 0.6 is 0 Å². The number of nitriles is 2. The van der Waals surface area contributed by atoms with Crippen molar-refractivity contribution < 1.29 is 0 Å². The minimum Gasteiger partial charge on any atom is -0.309 e. The molecule has 11 rings (SSSR count). The summed E-state index contributed by atoms with van der Waals surface area (Å²) in [5.41, 5.74) is 16.2. The summed E-state index contributed by atoms with van der Waals surface area (Å²) in [6.07, 6.45) is 0. The highest BCUT2D eigenvalue weighted by atomic mass is 15.0. The van der Waals surface area contributed by atoms with Crippen LogP contribution in [-0.4, -0.2) is 24.1 Å². The molecule has 0 aliphatic carbocycles. The number of aromatic nitrogens is 5. The monoisotopic (exact) mass is 821 g/mol. The van der Waals surface area contributed by atoms with E-state index in [0.29, 0.717) is 34.2 Å². The van der Waals surface area contributed by atoms with Crippen LogP contribution in [0.2, 0.25) is 0 Å². The molecule has 11 aromatic rings. The molecule has 0 atom stereocenters. The Morgan fingerprint density at radius 1 is 0.375 bits per heavy atom. The van der Waals surface area contributed by atoms with Crippen LogP contribution in [0.3, 0.4) is 0 Å². The Kier molecular flexibility index (Phi) is 9.01. The summed E-state index contributed by atoms with van der Waals surface area (Å²) in [4.78, 5) is 15.3. The molecule has 0 aliphatic rings. The molecule has 0 saturated carbocycles. The van der Waals surface area contributed by atoms with Crippen molar-refractivity contribution in [3.8, 4) is 68.8 Å². The normalized spacial score (nSPS) is 11.4. The fourth-order valence-electron chi connectivity index (χ4n) is 9.16. The second-order valence-electron chi connectivity index (χ2n) is 16.7. The molecule has 302 valence electrons. The number of fused-ring (bicyclic) bond motifs is 6. The third-order valence-electron chi connectivity index (χ3n) is 12.3. The zero-order valence-corrected chi connectivity index (χ0v) is 35.7. The maximum atomic E-state index is 10.8. The molecule has 3 aromatic heterocycles. The third kappa shape index (κ3) is 6.38. The molecule has 8 aromatic carbocycles. The zero-order valence-electron chi connectivity index (χ0n) is 35.7. The molecule has 0 N–H and O–H groups in total. The van der Waals surface area contributed by atoms with Crippen molar-refractivity contribution in [1.29, 1.82) is 10.5 Å². The maximum absolute atomic E-state index is 10.8. The van der Waals surface area contributed by atoms with E-state index >= 15 is 0 Å². The molecule has 0 radical (unpaired) electrons. The molecule has 0 unspecified atom stereocenters. The molecule has 0 amide bonds. The van der Waals surface area contributed by atoms with Gasteiger partial charge in [-0.2, -0.15) is 10.5 Å². The first-order chi connectivity index (χ1) is 31.2. The van der Waals surface area contributed by atoms with Gasteiger partial charge < -0.3 is 9.13 Å². The van der Waals surface area contributed by atoms with Crippen molar-refractivity contribution >= 4 is 43.6 Å². The van der Waals surface area contributed by atoms with Crippen LogP contribution in [0.1, 0.15) is 33.4 Å². The second-order valence-corrected chi connectivity index (χ2v) is 16.7. The predicted molar refractivity (Wildman–Crippen MR) is 259 cm³/mol. The van der Waals surface area contributed by atoms with Gasteiger partial charge in [-0.15, -0.1) is 0 Å². The lowest BCUT2D eigenvalue weighted by Gasteiger charge is -2.16. The number of rotatable bonds is 6. The first kappa shape index (κ1) is 38.3. The predicted octanol–water partition coefficient (Wildman–Crippen LogP) is 13.7. The van der Waals surface area contributed by atoms with Gasteiger partial charge in [0.05, 0.1) is 50.6 Å². The van der Waals surface area contributed by atoms with E-state index in [9.17, 15) is 10.5 Å². The van der Waals surface area contributed by atoms with Gasteiger partial charge in [0.2, 0.25) is 0 Å². The lowest BCUT2D eigenvalue weighted by Crippen LogP contribution is -2.03. The lowest BCUT2D eigenvalue weighted by atomic mass is 9.99. The molecular weight excluding hydrogens is 783 g/mol. The Hall–Kier alpha value is -8.65. The van der Waals surface area contributed by atoms with Crippen molar-refractivity contribution in [2.24, 2.45) is 0 Å². The van der Waals surface area contributed by atoms with Crippen molar-refractivity contribution in [3.05, 3.63) is 197 Å². The fraction of sp³-hybridized carbons (Fsp3) is 0.0702. The first-order valence-corrected chi connectivity index (χ1v) is 21.3. The second kappa shape index (κ2) is 15.1. The summed E-state index contributed by atoms with van der Waals surface area (Å²) in [6, 6.07) is 60.9. The van der Waals surface area contributed by atoms with Crippen molar-refractivity contribution in [1.82, 2.24) is 24.1 Å². The van der Waals surface area contributed by atoms with E-state index in [1.165, 1.54) is 33.0 Å². The van der Waals surface area contributed by atoms with Crippen molar-refractivity contribution in [2.45, 2.75) is 27.7 Å². The van der Waals surface area contributed by atoms with Crippen LogP contribution in [-0.2, 0) is 0 Å². The number of nitrogens with zero attached hydrogens (tertiary/aromatic N) is 7. The summed E-state index contributed by atoms with van der Waals surface area (Å²) >= 11 is 0. The van der Waals surface area contributed by atoms with Crippen LogP contribution in [0.5, 0.6) is 0 Å². The summed E-state index contributed by atoms with van der Waals surface area (Å²) in [7, 11) is 0. The maximum Gasteiger partial charge on any atom is 0.164 e. The summed E-state index contributed by atoms with van der Waals surface area (Å²) in [5, 5.41) is 25.2. The van der Waals surface area contributed by atoms with Crippen molar-refractivity contribution in [3.63, 3.8) is 0 Å². The average molecular weight is 822 g/mol. The Morgan fingerprint density at radius 2 is 0.797 bits per heavy atom. The van der Waals surface area contributed by atoms with E-state index in [4.69, 9.17) is 15.0 Å². The van der Waals surface area contributed by atoms with Gasteiger partial charge in [-0.05, 0) is 130 Å². The Labute approximate surface area is 370 Å². The van der Waals surface area contributed by atoms with Crippen LogP contribution < -0.4 is 0 Å². The number of benzene rings is 8. The highest BCUT2D eigenvalue weighted by Gasteiger charge is 2.21. The highest BCUT2D eigenvalue weighted by molar-refractivity contribution is 6.11. The molecule has 64 heavy (non-hydrogen) atoms. The Balaban J connectivity index is 1.11. The minimum atomic E-state index is 0.456. The van der Waals surface area contributed by atoms with Gasteiger partial charge in [0.25, 0.3) is 0 Å². The van der Waals surface area contributed by atoms with Gasteiger partial charge in [-0.25, -0.2) is 15.0 Å². The summed E-state index contributed by atoms with van der Waals surface area (Å²) in [6.45, 7) is 8.47. The van der Waals surface area contributed by atoms with E-state index in [0.717, 1.165) is 66.5 Å². The summed E-state index contributed by atoms with van der Waals surface area (Å²) in [5.74, 6) is 1.47. The lowest BCUT2D eigenvalue weighted by molar-refractivity contribution is 1.07. The standard InChI is InChI=1S/C57H39N7/c1-34-10-20-51-45(26-34)46-27-35(2)11-21-52(46)63(51)49-24-18-41(30-43(49)33-59)56-60-55(40-8-6-5-7-9-40)61-57(62-56)42-19-25-50(44(31-42)39-16-14-38(32-58)15-17-39)64-53-22-12-36(3)28-47(53)48-29-37(4)13-23-54(48)64/h5-31H,1-4H3.